The first kappa shape index (κ1) is 13.7. The fourth-order valence-electron chi connectivity index (χ4n) is 1.34. The Labute approximate surface area is 90.3 Å². The van der Waals surface area contributed by atoms with Crippen LogP contribution in [0.15, 0.2) is 5.11 Å². The molecule has 6 heteroatoms. The molecule has 0 radical (unpaired) electrons. The van der Waals surface area contributed by atoms with Gasteiger partial charge in [-0.3, -0.25) is 4.79 Å². The zero-order valence-electron chi connectivity index (χ0n) is 9.60. The van der Waals surface area contributed by atoms with Crippen LogP contribution in [0, 0.1) is 5.92 Å². The molecule has 0 fully saturated rings. The first-order chi connectivity index (χ1) is 7.11. The number of amides is 1. The van der Waals surface area contributed by atoms with Crippen molar-refractivity contribution in [1.29, 1.82) is 0 Å². The van der Waals surface area contributed by atoms with Crippen LogP contribution in [0.25, 0.3) is 10.4 Å². The van der Waals surface area contributed by atoms with Crippen LogP contribution in [0.5, 0.6) is 0 Å². The molecule has 0 spiro atoms. The number of hydrogen-bond acceptors (Lipinski definition) is 3. The van der Waals surface area contributed by atoms with Gasteiger partial charge in [-0.15, -0.1) is 0 Å². The lowest BCUT2D eigenvalue weighted by Crippen LogP contribution is -2.34. The Kier molecular flexibility index (Phi) is 7.40. The molecule has 86 valence electrons. The summed E-state index contributed by atoms with van der Waals surface area (Å²) >= 11 is 0. The summed E-state index contributed by atoms with van der Waals surface area (Å²) in [5.74, 6) is 0.0383. The van der Waals surface area contributed by atoms with Crippen molar-refractivity contribution in [2.75, 3.05) is 33.7 Å². The van der Waals surface area contributed by atoms with Gasteiger partial charge in [0.15, 0.2) is 0 Å². The summed E-state index contributed by atoms with van der Waals surface area (Å²) < 4.78 is 0. The number of hydrogen-bond donors (Lipinski definition) is 1. The maximum Gasteiger partial charge on any atom is 0.223 e. The van der Waals surface area contributed by atoms with Crippen LogP contribution < -0.4 is 5.32 Å². The maximum absolute atomic E-state index is 11.2. The van der Waals surface area contributed by atoms with Crippen molar-refractivity contribution in [3.05, 3.63) is 10.4 Å². The molecule has 1 N–H and O–H groups in total. The quantitative estimate of drug-likeness (QED) is 0.296. The lowest BCUT2D eigenvalue weighted by Gasteiger charge is -2.19. The number of nitrogens with one attached hydrogen (secondary N) is 1. The summed E-state index contributed by atoms with van der Waals surface area (Å²) in [5, 5.41) is 6.06. The Balaban J connectivity index is 3.68. The third-order valence-electron chi connectivity index (χ3n) is 2.14. The molecule has 0 heterocycles. The van der Waals surface area contributed by atoms with Crippen molar-refractivity contribution < 1.29 is 4.79 Å². The molecular formula is C9H19N5O. The summed E-state index contributed by atoms with van der Waals surface area (Å²) in [6, 6.07) is 0. The van der Waals surface area contributed by atoms with E-state index in [0.717, 1.165) is 19.5 Å². The van der Waals surface area contributed by atoms with Crippen molar-refractivity contribution in [3.63, 3.8) is 0 Å². The zero-order valence-corrected chi connectivity index (χ0v) is 9.60. The van der Waals surface area contributed by atoms with Crippen molar-refractivity contribution in [3.8, 4) is 0 Å². The van der Waals surface area contributed by atoms with Crippen LogP contribution in [-0.2, 0) is 4.79 Å². The van der Waals surface area contributed by atoms with Gasteiger partial charge < -0.3 is 10.2 Å². The Morgan fingerprint density at radius 1 is 1.67 bits per heavy atom. The van der Waals surface area contributed by atoms with Crippen LogP contribution in [-0.4, -0.2) is 44.5 Å². The lowest BCUT2D eigenvalue weighted by molar-refractivity contribution is -0.124. The molecule has 0 aliphatic rings. The van der Waals surface area contributed by atoms with Gasteiger partial charge in [-0.05, 0) is 25.5 Å². The second-order valence-electron chi connectivity index (χ2n) is 3.59. The minimum atomic E-state index is -0.0144. The standard InChI is InChI=1S/C9H19N5O/c1-8(9(15)11-2)7-14(3)6-4-5-12-13-10/h8H,4-7H2,1-3H3,(H,11,15). The van der Waals surface area contributed by atoms with Gasteiger partial charge in [0.2, 0.25) is 5.91 Å². The van der Waals surface area contributed by atoms with Gasteiger partial charge in [-0.1, -0.05) is 12.0 Å². The molecule has 0 aromatic heterocycles. The molecule has 0 aliphatic carbocycles. The van der Waals surface area contributed by atoms with E-state index in [1.54, 1.807) is 7.05 Å². The van der Waals surface area contributed by atoms with Gasteiger partial charge in [-0.2, -0.15) is 0 Å². The topological polar surface area (TPSA) is 81.1 Å². The molecule has 0 saturated heterocycles. The highest BCUT2D eigenvalue weighted by Crippen LogP contribution is 1.99. The smallest absolute Gasteiger partial charge is 0.223 e. The molecular weight excluding hydrogens is 194 g/mol. The molecule has 0 aromatic rings. The number of nitrogens with zero attached hydrogens (tertiary/aromatic N) is 4. The summed E-state index contributed by atoms with van der Waals surface area (Å²) in [5.41, 5.74) is 8.07. The van der Waals surface area contributed by atoms with E-state index in [-0.39, 0.29) is 11.8 Å². The second-order valence-corrected chi connectivity index (χ2v) is 3.59. The molecule has 0 bridgehead atoms. The first-order valence-electron chi connectivity index (χ1n) is 5.02. The van der Waals surface area contributed by atoms with E-state index in [1.807, 2.05) is 14.0 Å². The molecule has 1 amide bonds. The van der Waals surface area contributed by atoms with Crippen molar-refractivity contribution in [2.45, 2.75) is 13.3 Å². The highest BCUT2D eigenvalue weighted by atomic mass is 16.1. The van der Waals surface area contributed by atoms with Crippen LogP contribution in [0.4, 0.5) is 0 Å². The number of azide groups is 1. The summed E-state index contributed by atoms with van der Waals surface area (Å²) in [4.78, 5) is 16.0. The monoisotopic (exact) mass is 213 g/mol. The van der Waals surface area contributed by atoms with Gasteiger partial charge in [0, 0.05) is 31.0 Å². The molecule has 1 unspecified atom stereocenters. The summed E-state index contributed by atoms with van der Waals surface area (Å²) in [6.45, 7) is 3.95. The average molecular weight is 213 g/mol. The van der Waals surface area contributed by atoms with E-state index < -0.39 is 0 Å². The highest BCUT2D eigenvalue weighted by molar-refractivity contribution is 5.78. The lowest BCUT2D eigenvalue weighted by atomic mass is 10.1. The van der Waals surface area contributed by atoms with Crippen LogP contribution in [0.2, 0.25) is 0 Å². The number of rotatable bonds is 7. The summed E-state index contributed by atoms with van der Waals surface area (Å²) in [7, 11) is 3.59. The molecule has 15 heavy (non-hydrogen) atoms. The highest BCUT2D eigenvalue weighted by Gasteiger charge is 2.12. The van der Waals surface area contributed by atoms with Gasteiger partial charge in [0.05, 0.1) is 0 Å². The van der Waals surface area contributed by atoms with E-state index in [1.165, 1.54) is 0 Å². The van der Waals surface area contributed by atoms with Gasteiger partial charge in [-0.25, -0.2) is 0 Å². The normalized spacial score (nSPS) is 12.0. The van der Waals surface area contributed by atoms with E-state index in [4.69, 9.17) is 5.53 Å². The Hall–Kier alpha value is -1.26. The second kappa shape index (κ2) is 8.08. The Morgan fingerprint density at radius 2 is 2.33 bits per heavy atom. The van der Waals surface area contributed by atoms with E-state index >= 15 is 0 Å². The molecule has 6 nitrogen and oxygen atoms in total. The van der Waals surface area contributed by atoms with E-state index in [9.17, 15) is 4.79 Å². The summed E-state index contributed by atoms with van der Waals surface area (Å²) in [6.07, 6.45) is 0.820. The zero-order chi connectivity index (χ0) is 11.7. The Morgan fingerprint density at radius 3 is 2.87 bits per heavy atom. The largest absolute Gasteiger partial charge is 0.359 e. The fourth-order valence-corrected chi connectivity index (χ4v) is 1.34. The average Bonchev–Trinajstić information content (AvgIpc) is 2.23. The predicted molar refractivity (Wildman–Crippen MR) is 59.4 cm³/mol. The first-order valence-corrected chi connectivity index (χ1v) is 5.02. The van der Waals surface area contributed by atoms with Gasteiger partial charge in [0.1, 0.15) is 0 Å². The molecule has 1 atom stereocenters. The fraction of sp³-hybridized carbons (Fsp3) is 0.889. The van der Waals surface area contributed by atoms with Gasteiger partial charge in [0.25, 0.3) is 0 Å². The number of carbonyl (C=O) groups excluding carboxylic acids is 1. The minimum absolute atomic E-state index is 0.0144. The van der Waals surface area contributed by atoms with Crippen LogP contribution >= 0.6 is 0 Å². The van der Waals surface area contributed by atoms with Crippen molar-refractivity contribution in [1.82, 2.24) is 10.2 Å². The van der Waals surface area contributed by atoms with E-state index in [0.29, 0.717) is 6.54 Å². The molecule has 0 saturated carbocycles. The van der Waals surface area contributed by atoms with Gasteiger partial charge >= 0.3 is 0 Å². The Bertz CT molecular complexity index is 237. The third-order valence-corrected chi connectivity index (χ3v) is 2.14. The molecule has 0 aliphatic heterocycles. The maximum atomic E-state index is 11.2. The minimum Gasteiger partial charge on any atom is -0.359 e. The van der Waals surface area contributed by atoms with Crippen LogP contribution in [0.1, 0.15) is 13.3 Å². The van der Waals surface area contributed by atoms with Crippen LogP contribution in [0.3, 0.4) is 0 Å². The van der Waals surface area contributed by atoms with E-state index in [2.05, 4.69) is 20.2 Å². The SMILES string of the molecule is CNC(=O)C(C)CN(C)CCCN=[N+]=[N-]. The molecule has 0 aromatic carbocycles. The predicted octanol–water partition coefficient (Wildman–Crippen LogP) is 1.00. The van der Waals surface area contributed by atoms with Crippen molar-refractivity contribution in [2.24, 2.45) is 11.0 Å². The molecule has 0 rings (SSSR count). The third kappa shape index (κ3) is 6.76. The van der Waals surface area contributed by atoms with Crippen molar-refractivity contribution >= 4 is 5.91 Å². The number of carbonyl (C=O) groups is 1.